The third-order valence-corrected chi connectivity index (χ3v) is 3.78. The third-order valence-electron chi connectivity index (χ3n) is 3.78. The monoisotopic (exact) mass is 380 g/mol. The summed E-state index contributed by atoms with van der Waals surface area (Å²) in [5.74, 6) is 5.34. The van der Waals surface area contributed by atoms with Crippen molar-refractivity contribution in [2.45, 2.75) is 0 Å². The average molecular weight is 380 g/mol. The molecule has 0 spiro atoms. The molecule has 0 radical (unpaired) electrons. The van der Waals surface area contributed by atoms with Crippen LogP contribution in [-0.2, 0) is 19.1 Å². The number of benzene rings is 2. The van der Waals surface area contributed by atoms with Crippen LogP contribution >= 0.6 is 0 Å². The van der Waals surface area contributed by atoms with Crippen LogP contribution in [0.25, 0.3) is 6.08 Å². The Labute approximate surface area is 163 Å². The molecule has 0 atom stereocenters. The fourth-order valence-electron chi connectivity index (χ4n) is 2.36. The summed E-state index contributed by atoms with van der Waals surface area (Å²) < 4.78 is 20.0. The van der Waals surface area contributed by atoms with Crippen LogP contribution in [0.1, 0.15) is 16.7 Å². The van der Waals surface area contributed by atoms with Gasteiger partial charge in [-0.05, 0) is 29.8 Å². The summed E-state index contributed by atoms with van der Waals surface area (Å²) in [6.07, 6.45) is 1.36. The lowest BCUT2D eigenvalue weighted by atomic mass is 10.0. The minimum Gasteiger partial charge on any atom is -0.493 e. The Morgan fingerprint density at radius 2 is 1.39 bits per heavy atom. The molecule has 6 heteroatoms. The van der Waals surface area contributed by atoms with Gasteiger partial charge in [0.2, 0.25) is 0 Å². The molecule has 6 nitrogen and oxygen atoms in total. The fourth-order valence-corrected chi connectivity index (χ4v) is 2.36. The van der Waals surface area contributed by atoms with Crippen molar-refractivity contribution in [3.63, 3.8) is 0 Å². The van der Waals surface area contributed by atoms with E-state index in [0.29, 0.717) is 22.6 Å². The Balaban J connectivity index is 2.66. The minimum atomic E-state index is -0.816. The SMILES string of the molecule is COC(=O)C(=Cc1cc(OC)c(OC)cc1C#Cc1ccccc1)C(=O)OC. The number of carbonyl (C=O) groups excluding carboxylic acids is 2. The van der Waals surface area contributed by atoms with E-state index < -0.39 is 11.9 Å². The van der Waals surface area contributed by atoms with Crippen LogP contribution in [0.2, 0.25) is 0 Å². The molecule has 0 amide bonds. The molecule has 0 aliphatic rings. The second-order valence-corrected chi connectivity index (χ2v) is 5.45. The van der Waals surface area contributed by atoms with Crippen LogP contribution in [0, 0.1) is 11.8 Å². The highest BCUT2D eigenvalue weighted by atomic mass is 16.5. The normalized spacial score (nSPS) is 9.43. The molecule has 0 aliphatic carbocycles. The van der Waals surface area contributed by atoms with Gasteiger partial charge in [-0.3, -0.25) is 0 Å². The Kier molecular flexibility index (Phi) is 7.23. The van der Waals surface area contributed by atoms with Crippen molar-refractivity contribution in [2.24, 2.45) is 0 Å². The molecule has 0 unspecified atom stereocenters. The van der Waals surface area contributed by atoms with E-state index in [-0.39, 0.29) is 5.57 Å². The number of hydrogen-bond acceptors (Lipinski definition) is 6. The minimum absolute atomic E-state index is 0.264. The Morgan fingerprint density at radius 3 is 1.93 bits per heavy atom. The first-order valence-electron chi connectivity index (χ1n) is 8.25. The maximum Gasteiger partial charge on any atom is 0.345 e. The van der Waals surface area contributed by atoms with Gasteiger partial charge < -0.3 is 18.9 Å². The maximum atomic E-state index is 12.0. The largest absolute Gasteiger partial charge is 0.493 e. The van der Waals surface area contributed by atoms with E-state index in [1.807, 2.05) is 30.3 Å². The lowest BCUT2D eigenvalue weighted by molar-refractivity contribution is -0.143. The van der Waals surface area contributed by atoms with Crippen LogP contribution in [0.4, 0.5) is 0 Å². The van der Waals surface area contributed by atoms with Crippen molar-refractivity contribution in [3.05, 3.63) is 64.7 Å². The van der Waals surface area contributed by atoms with Gasteiger partial charge in [-0.25, -0.2) is 9.59 Å². The molecular formula is C22H20O6. The number of ether oxygens (including phenoxy) is 4. The van der Waals surface area contributed by atoms with E-state index in [0.717, 1.165) is 5.56 Å². The van der Waals surface area contributed by atoms with Crippen molar-refractivity contribution in [3.8, 4) is 23.3 Å². The molecule has 0 aromatic heterocycles. The number of rotatable bonds is 5. The van der Waals surface area contributed by atoms with Gasteiger partial charge in [0.25, 0.3) is 0 Å². The molecule has 0 aliphatic heterocycles. The molecule has 0 heterocycles. The number of carbonyl (C=O) groups is 2. The summed E-state index contributed by atoms with van der Waals surface area (Å²) >= 11 is 0. The highest BCUT2D eigenvalue weighted by molar-refractivity contribution is 6.17. The molecule has 28 heavy (non-hydrogen) atoms. The highest BCUT2D eigenvalue weighted by Crippen LogP contribution is 2.31. The molecule has 0 saturated heterocycles. The molecule has 2 aromatic rings. The van der Waals surface area contributed by atoms with E-state index in [1.54, 1.807) is 12.1 Å². The predicted molar refractivity (Wildman–Crippen MR) is 104 cm³/mol. The van der Waals surface area contributed by atoms with Crippen LogP contribution in [-0.4, -0.2) is 40.4 Å². The quantitative estimate of drug-likeness (QED) is 0.261. The molecule has 144 valence electrons. The number of hydrogen-bond donors (Lipinski definition) is 0. The lowest BCUT2D eigenvalue weighted by Crippen LogP contribution is -2.15. The molecule has 0 N–H and O–H groups in total. The first-order valence-corrected chi connectivity index (χ1v) is 8.25. The summed E-state index contributed by atoms with van der Waals surface area (Å²) in [6, 6.07) is 12.7. The molecule has 2 aromatic carbocycles. The van der Waals surface area contributed by atoms with E-state index >= 15 is 0 Å². The van der Waals surface area contributed by atoms with E-state index in [4.69, 9.17) is 9.47 Å². The highest BCUT2D eigenvalue weighted by Gasteiger charge is 2.21. The molecule has 0 fully saturated rings. The van der Waals surface area contributed by atoms with Crippen molar-refractivity contribution < 1.29 is 28.5 Å². The lowest BCUT2D eigenvalue weighted by Gasteiger charge is -2.11. The Hall–Kier alpha value is -3.72. The van der Waals surface area contributed by atoms with Gasteiger partial charge in [-0.1, -0.05) is 30.0 Å². The Bertz CT molecular complexity index is 930. The third kappa shape index (κ3) is 4.92. The predicted octanol–water partition coefficient (Wildman–Crippen LogP) is 2.83. The molecule has 0 saturated carbocycles. The van der Waals surface area contributed by atoms with Crippen molar-refractivity contribution in [2.75, 3.05) is 28.4 Å². The number of methoxy groups -OCH3 is 4. The summed E-state index contributed by atoms with van der Waals surface area (Å²) in [5.41, 5.74) is 1.56. The second-order valence-electron chi connectivity index (χ2n) is 5.45. The average Bonchev–Trinajstić information content (AvgIpc) is 2.75. The van der Waals surface area contributed by atoms with Gasteiger partial charge in [0.15, 0.2) is 11.5 Å². The molecule has 0 bridgehead atoms. The molecule has 2 rings (SSSR count). The summed E-state index contributed by atoms with van der Waals surface area (Å²) in [6.45, 7) is 0. The standard InChI is InChI=1S/C22H20O6/c1-25-19-13-16(11-10-15-8-6-5-7-9-15)17(14-20(19)26-2)12-18(21(23)27-3)22(24)28-4/h5-9,12-14H,1-4H3. The van der Waals surface area contributed by atoms with E-state index in [9.17, 15) is 9.59 Å². The second kappa shape index (κ2) is 9.83. The van der Waals surface area contributed by atoms with Crippen LogP contribution in [0.5, 0.6) is 11.5 Å². The molecular weight excluding hydrogens is 360 g/mol. The first-order chi connectivity index (χ1) is 13.5. The zero-order chi connectivity index (χ0) is 20.5. The smallest absolute Gasteiger partial charge is 0.345 e. The van der Waals surface area contributed by atoms with Crippen LogP contribution in [0.15, 0.2) is 48.0 Å². The number of esters is 2. The summed E-state index contributed by atoms with van der Waals surface area (Å²) in [4.78, 5) is 24.0. The van der Waals surface area contributed by atoms with Gasteiger partial charge in [0.05, 0.1) is 28.4 Å². The topological polar surface area (TPSA) is 71.1 Å². The fraction of sp³-hybridized carbons (Fsp3) is 0.182. The van der Waals surface area contributed by atoms with Crippen LogP contribution < -0.4 is 9.47 Å². The van der Waals surface area contributed by atoms with Gasteiger partial charge in [0.1, 0.15) is 5.57 Å². The van der Waals surface area contributed by atoms with E-state index in [1.165, 1.54) is 34.5 Å². The maximum absolute atomic E-state index is 12.0. The van der Waals surface area contributed by atoms with Gasteiger partial charge in [-0.2, -0.15) is 0 Å². The van der Waals surface area contributed by atoms with Gasteiger partial charge in [0, 0.05) is 17.2 Å². The van der Waals surface area contributed by atoms with Crippen molar-refractivity contribution in [1.29, 1.82) is 0 Å². The zero-order valence-corrected chi connectivity index (χ0v) is 16.1. The van der Waals surface area contributed by atoms with Gasteiger partial charge in [-0.15, -0.1) is 0 Å². The van der Waals surface area contributed by atoms with Gasteiger partial charge >= 0.3 is 11.9 Å². The first kappa shape index (κ1) is 20.6. The van der Waals surface area contributed by atoms with E-state index in [2.05, 4.69) is 21.3 Å². The van der Waals surface area contributed by atoms with Crippen molar-refractivity contribution in [1.82, 2.24) is 0 Å². The van der Waals surface area contributed by atoms with Crippen molar-refractivity contribution >= 4 is 18.0 Å². The van der Waals surface area contributed by atoms with Crippen LogP contribution in [0.3, 0.4) is 0 Å². The Morgan fingerprint density at radius 1 is 0.821 bits per heavy atom. The summed E-state index contributed by atoms with van der Waals surface area (Å²) in [5, 5.41) is 0. The zero-order valence-electron chi connectivity index (χ0n) is 16.1. The summed E-state index contributed by atoms with van der Waals surface area (Å²) in [7, 11) is 5.37.